The first-order valence-corrected chi connectivity index (χ1v) is 5.36. The third-order valence-corrected chi connectivity index (χ3v) is 3.78. The fraction of sp³-hybridized carbons (Fsp3) is 0.714. The molecule has 0 aromatic heterocycles. The summed E-state index contributed by atoms with van der Waals surface area (Å²) in [5.41, 5.74) is 0.645. The molecular weight excluding hydrogens is 164 g/mol. The van der Waals surface area contributed by atoms with Crippen LogP contribution in [0.2, 0.25) is 0 Å². The molecule has 0 spiro atoms. The lowest BCUT2D eigenvalue weighted by Crippen LogP contribution is -2.08. The maximum atomic E-state index is 10.9. The van der Waals surface area contributed by atoms with E-state index in [-0.39, 0.29) is 24.0 Å². The Morgan fingerprint density at radius 3 is 2.64 bits per heavy atom. The van der Waals surface area contributed by atoms with Crippen LogP contribution >= 0.6 is 0 Å². The molecule has 4 heteroatoms. The van der Waals surface area contributed by atoms with E-state index in [1.54, 1.807) is 0 Å². The highest BCUT2D eigenvalue weighted by molar-refractivity contribution is 7.91. The van der Waals surface area contributed by atoms with Crippen LogP contribution in [0, 0.1) is 5.92 Å². The molecule has 0 saturated carbocycles. The van der Waals surface area contributed by atoms with E-state index in [9.17, 15) is 8.42 Å². The maximum absolute atomic E-state index is 10.9. The van der Waals surface area contributed by atoms with Crippen LogP contribution < -0.4 is 0 Å². The molecule has 1 aliphatic heterocycles. The monoisotopic (exact) mass is 176 g/mol. The fourth-order valence-electron chi connectivity index (χ4n) is 1.25. The summed E-state index contributed by atoms with van der Waals surface area (Å²) < 4.78 is 21.9. The van der Waals surface area contributed by atoms with Crippen molar-refractivity contribution in [2.75, 3.05) is 18.1 Å². The summed E-state index contributed by atoms with van der Waals surface area (Å²) in [7, 11) is -2.82. The molecule has 0 aromatic carbocycles. The highest BCUT2D eigenvalue weighted by Crippen LogP contribution is 2.23. The molecule has 1 rings (SSSR count). The van der Waals surface area contributed by atoms with Crippen LogP contribution in [-0.2, 0) is 9.84 Å². The van der Waals surface area contributed by atoms with Gasteiger partial charge in [-0.05, 0) is 17.9 Å². The van der Waals surface area contributed by atoms with E-state index in [0.29, 0.717) is 12.0 Å². The van der Waals surface area contributed by atoms with Crippen LogP contribution in [0.3, 0.4) is 0 Å². The third-order valence-electron chi connectivity index (χ3n) is 2.01. The molecule has 1 heterocycles. The van der Waals surface area contributed by atoms with Gasteiger partial charge in [0.2, 0.25) is 0 Å². The molecule has 11 heavy (non-hydrogen) atoms. The number of hydrogen-bond donors (Lipinski definition) is 1. The topological polar surface area (TPSA) is 54.4 Å². The van der Waals surface area contributed by atoms with Gasteiger partial charge in [-0.2, -0.15) is 0 Å². The number of sulfone groups is 1. The minimum atomic E-state index is -2.82. The first kappa shape index (κ1) is 8.74. The van der Waals surface area contributed by atoms with Crippen LogP contribution in [0.4, 0.5) is 0 Å². The predicted octanol–water partition coefficient (Wildman–Crippen LogP) is -0.0304. The zero-order valence-electron chi connectivity index (χ0n) is 6.28. The van der Waals surface area contributed by atoms with Gasteiger partial charge in [0.25, 0.3) is 0 Å². The molecular formula is C7H12O3S. The lowest BCUT2D eigenvalue weighted by Gasteiger charge is -2.06. The molecule has 1 saturated heterocycles. The Bertz CT molecular complexity index is 253. The second kappa shape index (κ2) is 2.95. The van der Waals surface area contributed by atoms with E-state index in [2.05, 4.69) is 6.58 Å². The van der Waals surface area contributed by atoms with Crippen LogP contribution in [0.15, 0.2) is 12.2 Å². The van der Waals surface area contributed by atoms with Crippen LogP contribution in [0.25, 0.3) is 0 Å². The average Bonchev–Trinajstić information content (AvgIpc) is 2.29. The van der Waals surface area contributed by atoms with Gasteiger partial charge in [0.15, 0.2) is 9.84 Å². The Balaban J connectivity index is 2.62. The van der Waals surface area contributed by atoms with Crippen molar-refractivity contribution in [2.45, 2.75) is 6.42 Å². The van der Waals surface area contributed by atoms with Gasteiger partial charge in [-0.1, -0.05) is 6.58 Å². The van der Waals surface area contributed by atoms with Crippen LogP contribution in [-0.4, -0.2) is 31.6 Å². The Morgan fingerprint density at radius 2 is 2.27 bits per heavy atom. The van der Waals surface area contributed by atoms with Crippen molar-refractivity contribution < 1.29 is 13.5 Å². The van der Waals surface area contributed by atoms with Crippen molar-refractivity contribution in [3.63, 3.8) is 0 Å². The van der Waals surface area contributed by atoms with Gasteiger partial charge in [-0.15, -0.1) is 0 Å². The second-order valence-corrected chi connectivity index (χ2v) is 5.15. The van der Waals surface area contributed by atoms with Gasteiger partial charge in [0.05, 0.1) is 18.1 Å². The highest BCUT2D eigenvalue weighted by Gasteiger charge is 2.28. The predicted molar refractivity (Wildman–Crippen MR) is 43.0 cm³/mol. The lowest BCUT2D eigenvalue weighted by molar-refractivity contribution is 0.317. The number of rotatable bonds is 2. The molecule has 1 atom stereocenters. The molecule has 64 valence electrons. The number of aliphatic hydroxyl groups is 1. The summed E-state index contributed by atoms with van der Waals surface area (Å²) in [6.45, 7) is 3.51. The van der Waals surface area contributed by atoms with E-state index < -0.39 is 9.84 Å². The summed E-state index contributed by atoms with van der Waals surface area (Å²) in [6.07, 6.45) is 0.627. The molecule has 1 aliphatic rings. The van der Waals surface area contributed by atoms with E-state index in [1.807, 2.05) is 0 Å². The normalized spacial score (nSPS) is 28.6. The summed E-state index contributed by atoms with van der Waals surface area (Å²) in [6, 6.07) is 0. The second-order valence-electron chi connectivity index (χ2n) is 2.92. The Kier molecular flexibility index (Phi) is 2.34. The molecule has 0 bridgehead atoms. The van der Waals surface area contributed by atoms with Crippen molar-refractivity contribution >= 4 is 9.84 Å². The molecule has 1 N–H and O–H groups in total. The van der Waals surface area contributed by atoms with Crippen LogP contribution in [0.5, 0.6) is 0 Å². The standard InChI is InChI=1S/C7H12O3S/c1-6(4-8)7-2-3-11(9,10)5-7/h7-8H,1-5H2. The fourth-order valence-corrected chi connectivity index (χ4v) is 3.07. The highest BCUT2D eigenvalue weighted by atomic mass is 32.2. The summed E-state index contributed by atoms with van der Waals surface area (Å²) in [4.78, 5) is 0. The number of aliphatic hydroxyl groups excluding tert-OH is 1. The minimum absolute atomic E-state index is 0.00926. The van der Waals surface area contributed by atoms with Crippen LogP contribution in [0.1, 0.15) is 6.42 Å². The maximum Gasteiger partial charge on any atom is 0.150 e. The average molecular weight is 176 g/mol. The summed E-state index contributed by atoms with van der Waals surface area (Å²) in [5.74, 6) is 0.410. The largest absolute Gasteiger partial charge is 0.392 e. The zero-order chi connectivity index (χ0) is 8.48. The first-order valence-electron chi connectivity index (χ1n) is 3.54. The summed E-state index contributed by atoms with van der Waals surface area (Å²) in [5, 5.41) is 8.67. The molecule has 0 aromatic rings. The van der Waals surface area contributed by atoms with E-state index in [4.69, 9.17) is 5.11 Å². The molecule has 0 amide bonds. The zero-order valence-corrected chi connectivity index (χ0v) is 7.10. The van der Waals surface area contributed by atoms with E-state index >= 15 is 0 Å². The molecule has 1 fully saturated rings. The first-order chi connectivity index (χ1) is 5.05. The van der Waals surface area contributed by atoms with Crippen molar-refractivity contribution in [3.05, 3.63) is 12.2 Å². The molecule has 1 unspecified atom stereocenters. The van der Waals surface area contributed by atoms with Gasteiger partial charge in [0.1, 0.15) is 0 Å². The van der Waals surface area contributed by atoms with Gasteiger partial charge in [0, 0.05) is 0 Å². The van der Waals surface area contributed by atoms with E-state index in [1.165, 1.54) is 0 Å². The van der Waals surface area contributed by atoms with Gasteiger partial charge < -0.3 is 5.11 Å². The smallest absolute Gasteiger partial charge is 0.150 e. The molecule has 0 aliphatic carbocycles. The van der Waals surface area contributed by atoms with Crippen molar-refractivity contribution in [1.82, 2.24) is 0 Å². The third kappa shape index (κ3) is 2.04. The lowest BCUT2D eigenvalue weighted by atomic mass is 10.0. The molecule has 3 nitrogen and oxygen atoms in total. The Labute approximate surface area is 66.7 Å². The van der Waals surface area contributed by atoms with Gasteiger partial charge in [-0.3, -0.25) is 0 Å². The Morgan fingerprint density at radius 1 is 1.64 bits per heavy atom. The van der Waals surface area contributed by atoms with Gasteiger partial charge >= 0.3 is 0 Å². The minimum Gasteiger partial charge on any atom is -0.392 e. The molecule has 0 radical (unpaired) electrons. The van der Waals surface area contributed by atoms with Gasteiger partial charge in [-0.25, -0.2) is 8.42 Å². The van der Waals surface area contributed by atoms with Crippen molar-refractivity contribution in [3.8, 4) is 0 Å². The van der Waals surface area contributed by atoms with Crippen molar-refractivity contribution in [2.24, 2.45) is 5.92 Å². The van der Waals surface area contributed by atoms with Crippen molar-refractivity contribution in [1.29, 1.82) is 0 Å². The quantitative estimate of drug-likeness (QED) is 0.601. The van der Waals surface area contributed by atoms with E-state index in [0.717, 1.165) is 0 Å². The Hall–Kier alpha value is -0.350. The SMILES string of the molecule is C=C(CO)C1CCS(=O)(=O)C1. The number of hydrogen-bond acceptors (Lipinski definition) is 3. The summed E-state index contributed by atoms with van der Waals surface area (Å²) >= 11 is 0.